The van der Waals surface area contributed by atoms with Gasteiger partial charge in [-0.15, -0.1) is 0 Å². The lowest BCUT2D eigenvalue weighted by Gasteiger charge is -2.10. The molecule has 112 valence electrons. The lowest BCUT2D eigenvalue weighted by Crippen LogP contribution is -2.24. The number of rotatable bonds is 4. The van der Waals surface area contributed by atoms with E-state index in [9.17, 15) is 13.2 Å². The lowest BCUT2D eigenvalue weighted by molar-refractivity contribution is -0.122. The van der Waals surface area contributed by atoms with Gasteiger partial charge < -0.3 is 10.1 Å². The van der Waals surface area contributed by atoms with Gasteiger partial charge in [0.15, 0.2) is 6.61 Å². The van der Waals surface area contributed by atoms with Crippen molar-refractivity contribution >= 4 is 48.1 Å². The molecule has 1 aromatic heterocycles. The molecule has 1 N–H and O–H groups in total. The Morgan fingerprint density at radius 2 is 2.05 bits per heavy atom. The molecule has 0 aliphatic carbocycles. The predicted molar refractivity (Wildman–Crippen MR) is 79.4 cm³/mol. The molecular formula is C12H10Cl2N2O4S. The van der Waals surface area contributed by atoms with Gasteiger partial charge in [0.2, 0.25) is 0 Å². The fourth-order valence-corrected chi connectivity index (χ4v) is 2.90. The summed E-state index contributed by atoms with van der Waals surface area (Å²) in [5.74, 6) is -0.0978. The third-order valence-corrected chi connectivity index (χ3v) is 4.24. The molecule has 0 fully saturated rings. The van der Waals surface area contributed by atoms with E-state index in [4.69, 9.17) is 27.0 Å². The van der Waals surface area contributed by atoms with Crippen molar-refractivity contribution in [2.75, 3.05) is 13.7 Å². The summed E-state index contributed by atoms with van der Waals surface area (Å²) in [6.07, 6.45) is 0. The van der Waals surface area contributed by atoms with E-state index in [1.165, 1.54) is 31.3 Å². The molecule has 1 amide bonds. The summed E-state index contributed by atoms with van der Waals surface area (Å²) in [5, 5.41) is 2.83. The Balaban J connectivity index is 2.58. The van der Waals surface area contributed by atoms with Crippen LogP contribution in [-0.2, 0) is 13.8 Å². The second kappa shape index (κ2) is 6.05. The van der Waals surface area contributed by atoms with E-state index >= 15 is 0 Å². The zero-order valence-corrected chi connectivity index (χ0v) is 13.1. The van der Waals surface area contributed by atoms with Gasteiger partial charge in [-0.05, 0) is 24.3 Å². The van der Waals surface area contributed by atoms with Gasteiger partial charge >= 0.3 is 0 Å². The Morgan fingerprint density at radius 1 is 1.33 bits per heavy atom. The molecule has 0 radical (unpaired) electrons. The standard InChI is InChI=1S/C12H10Cl2N2O4S/c1-15-11(17)6-20-8-3-4-9(21(14,18)19)7-2-5-10(13)16-12(7)8/h2-5H,6H2,1H3,(H,15,17). The van der Waals surface area contributed by atoms with Crippen molar-refractivity contribution in [3.8, 4) is 5.75 Å². The molecule has 2 aromatic rings. The number of fused-ring (bicyclic) bond motifs is 1. The first kappa shape index (κ1) is 15.8. The third kappa shape index (κ3) is 3.55. The number of benzene rings is 1. The number of carbonyl (C=O) groups excluding carboxylic acids is 1. The van der Waals surface area contributed by atoms with Crippen molar-refractivity contribution in [2.24, 2.45) is 0 Å². The highest BCUT2D eigenvalue weighted by Crippen LogP contribution is 2.32. The van der Waals surface area contributed by atoms with Gasteiger partial charge in [-0.1, -0.05) is 11.6 Å². The van der Waals surface area contributed by atoms with E-state index in [-0.39, 0.29) is 39.2 Å². The molecule has 1 heterocycles. The summed E-state index contributed by atoms with van der Waals surface area (Å²) in [6, 6.07) is 5.59. The molecule has 0 atom stereocenters. The number of halogens is 2. The average molecular weight is 349 g/mol. The van der Waals surface area contributed by atoms with Crippen LogP contribution in [0.3, 0.4) is 0 Å². The molecule has 0 bridgehead atoms. The number of nitrogens with one attached hydrogen (secondary N) is 1. The number of pyridine rings is 1. The van der Waals surface area contributed by atoms with Gasteiger partial charge in [-0.2, -0.15) is 0 Å². The number of nitrogens with zero attached hydrogens (tertiary/aromatic N) is 1. The Hall–Kier alpha value is -1.57. The van der Waals surface area contributed by atoms with Crippen LogP contribution in [-0.4, -0.2) is 33.0 Å². The lowest BCUT2D eigenvalue weighted by atomic mass is 10.2. The van der Waals surface area contributed by atoms with E-state index in [2.05, 4.69) is 10.3 Å². The number of hydrogen-bond acceptors (Lipinski definition) is 5. The zero-order chi connectivity index (χ0) is 15.6. The zero-order valence-electron chi connectivity index (χ0n) is 10.8. The minimum absolute atomic E-state index is 0.101. The minimum Gasteiger partial charge on any atom is -0.481 e. The molecule has 0 aliphatic rings. The van der Waals surface area contributed by atoms with E-state index in [1.807, 2.05) is 0 Å². The molecule has 2 rings (SSSR count). The van der Waals surface area contributed by atoms with Crippen molar-refractivity contribution in [3.63, 3.8) is 0 Å². The average Bonchev–Trinajstić information content (AvgIpc) is 2.42. The fraction of sp³-hybridized carbons (Fsp3) is 0.167. The van der Waals surface area contributed by atoms with E-state index < -0.39 is 9.05 Å². The summed E-state index contributed by atoms with van der Waals surface area (Å²) >= 11 is 5.82. The first-order valence-electron chi connectivity index (χ1n) is 5.70. The van der Waals surface area contributed by atoms with Crippen LogP contribution in [0.4, 0.5) is 0 Å². The minimum atomic E-state index is -3.94. The predicted octanol–water partition coefficient (Wildman–Crippen LogP) is 1.94. The number of amides is 1. The van der Waals surface area contributed by atoms with E-state index in [0.29, 0.717) is 0 Å². The van der Waals surface area contributed by atoms with Crippen LogP contribution in [0.2, 0.25) is 5.15 Å². The van der Waals surface area contributed by atoms with Crippen molar-refractivity contribution < 1.29 is 17.9 Å². The van der Waals surface area contributed by atoms with Gasteiger partial charge in [0.05, 0.1) is 4.90 Å². The summed E-state index contributed by atoms with van der Waals surface area (Å²) in [6.45, 7) is -0.229. The number of likely N-dealkylation sites (N-methyl/N-ethyl adjacent to an activating group) is 1. The van der Waals surface area contributed by atoms with Gasteiger partial charge in [0.1, 0.15) is 16.4 Å². The van der Waals surface area contributed by atoms with Crippen molar-refractivity contribution in [2.45, 2.75) is 4.90 Å². The van der Waals surface area contributed by atoms with Crippen molar-refractivity contribution in [1.29, 1.82) is 0 Å². The van der Waals surface area contributed by atoms with Gasteiger partial charge in [-0.25, -0.2) is 13.4 Å². The fourth-order valence-electron chi connectivity index (χ4n) is 1.69. The van der Waals surface area contributed by atoms with Crippen LogP contribution in [0.5, 0.6) is 5.75 Å². The quantitative estimate of drug-likeness (QED) is 0.674. The van der Waals surface area contributed by atoms with Crippen LogP contribution in [0.1, 0.15) is 0 Å². The van der Waals surface area contributed by atoms with Crippen LogP contribution in [0.15, 0.2) is 29.2 Å². The molecule has 0 spiro atoms. The maximum absolute atomic E-state index is 11.6. The second-order valence-electron chi connectivity index (χ2n) is 3.99. The molecular weight excluding hydrogens is 339 g/mol. The van der Waals surface area contributed by atoms with Crippen LogP contribution < -0.4 is 10.1 Å². The van der Waals surface area contributed by atoms with Crippen molar-refractivity contribution in [3.05, 3.63) is 29.4 Å². The second-order valence-corrected chi connectivity index (χ2v) is 6.91. The summed E-state index contributed by atoms with van der Waals surface area (Å²) < 4.78 is 28.4. The summed E-state index contributed by atoms with van der Waals surface area (Å²) in [7, 11) is 2.92. The van der Waals surface area contributed by atoms with E-state index in [1.54, 1.807) is 0 Å². The molecule has 21 heavy (non-hydrogen) atoms. The Kier molecular flexibility index (Phi) is 4.55. The van der Waals surface area contributed by atoms with Gasteiger partial charge in [0, 0.05) is 23.1 Å². The highest BCUT2D eigenvalue weighted by Gasteiger charge is 2.18. The first-order valence-corrected chi connectivity index (χ1v) is 8.39. The van der Waals surface area contributed by atoms with Gasteiger partial charge in [0.25, 0.3) is 15.0 Å². The molecule has 6 nitrogen and oxygen atoms in total. The Labute approximate surface area is 130 Å². The highest BCUT2D eigenvalue weighted by atomic mass is 35.7. The largest absolute Gasteiger partial charge is 0.481 e. The van der Waals surface area contributed by atoms with Crippen LogP contribution in [0.25, 0.3) is 10.9 Å². The SMILES string of the molecule is CNC(=O)COc1ccc(S(=O)(=O)Cl)c2ccc(Cl)nc12. The highest BCUT2D eigenvalue weighted by molar-refractivity contribution is 8.14. The molecule has 1 aromatic carbocycles. The number of ether oxygens (including phenoxy) is 1. The summed E-state index contributed by atoms with van der Waals surface area (Å²) in [4.78, 5) is 15.2. The Morgan fingerprint density at radius 3 is 2.67 bits per heavy atom. The molecule has 9 heteroatoms. The topological polar surface area (TPSA) is 85.4 Å². The Bertz CT molecular complexity index is 808. The monoisotopic (exact) mass is 348 g/mol. The third-order valence-electron chi connectivity index (χ3n) is 2.65. The molecule has 0 saturated heterocycles. The van der Waals surface area contributed by atoms with Crippen molar-refractivity contribution in [1.82, 2.24) is 10.3 Å². The van der Waals surface area contributed by atoms with E-state index in [0.717, 1.165) is 0 Å². The summed E-state index contributed by atoms with van der Waals surface area (Å²) in [5.41, 5.74) is 0.216. The molecule has 0 aliphatic heterocycles. The van der Waals surface area contributed by atoms with Crippen LogP contribution in [0, 0.1) is 0 Å². The first-order chi connectivity index (χ1) is 9.82. The maximum atomic E-state index is 11.6. The maximum Gasteiger partial charge on any atom is 0.261 e. The number of hydrogen-bond donors (Lipinski definition) is 1. The van der Waals surface area contributed by atoms with Gasteiger partial charge in [-0.3, -0.25) is 4.79 Å². The number of carbonyl (C=O) groups is 1. The molecule has 0 unspecified atom stereocenters. The molecule has 0 saturated carbocycles. The van der Waals surface area contributed by atoms with Crippen LogP contribution >= 0.6 is 22.3 Å². The smallest absolute Gasteiger partial charge is 0.261 e. The normalized spacial score (nSPS) is 11.4. The number of aromatic nitrogens is 1.